The zero-order chi connectivity index (χ0) is 19.4. The van der Waals surface area contributed by atoms with E-state index < -0.39 is 10.0 Å². The zero-order valence-electron chi connectivity index (χ0n) is 16.1. The number of nitrogens with one attached hydrogen (secondary N) is 1. The Hall–Kier alpha value is -1.44. The topological polar surface area (TPSA) is 92.5 Å². The highest BCUT2D eigenvalue weighted by Gasteiger charge is 2.32. The van der Waals surface area contributed by atoms with Gasteiger partial charge in [-0.05, 0) is 62.8 Å². The molecule has 1 aliphatic carbocycles. The van der Waals surface area contributed by atoms with Crippen LogP contribution in [0.1, 0.15) is 50.5 Å². The number of hydrogen-bond donors (Lipinski definition) is 2. The van der Waals surface area contributed by atoms with E-state index in [9.17, 15) is 13.2 Å². The Morgan fingerprint density at radius 3 is 2.52 bits per heavy atom. The van der Waals surface area contributed by atoms with E-state index in [2.05, 4.69) is 5.32 Å². The van der Waals surface area contributed by atoms with Crippen molar-refractivity contribution in [3.63, 3.8) is 0 Å². The maximum Gasteiger partial charge on any atom is 0.243 e. The molecule has 6 nitrogen and oxygen atoms in total. The van der Waals surface area contributed by atoms with Crippen molar-refractivity contribution in [2.45, 2.75) is 56.8 Å². The number of carbonyl (C=O) groups is 1. The molecule has 3 N–H and O–H groups in total. The van der Waals surface area contributed by atoms with Crippen molar-refractivity contribution in [3.8, 4) is 0 Å². The molecule has 2 fully saturated rings. The molecular weight excluding hydrogens is 362 g/mol. The minimum absolute atomic E-state index is 0.0510. The third-order valence-electron chi connectivity index (χ3n) is 5.94. The van der Waals surface area contributed by atoms with Crippen molar-refractivity contribution in [3.05, 3.63) is 23.8 Å². The molecular formula is C20H31N3O3S. The standard InChI is InChI=1S/C20H31N3O3S/c1-15-9-10-17(22-20(24)18-8-6-7-16(18)14-21)13-19(15)27(25,26)23-11-4-2-3-5-12-23/h9-10,13,16,18H,2-8,11-12,14,21H2,1H3,(H,22,24)/t16-,18-/m1/s1. The number of benzene rings is 1. The molecule has 1 saturated carbocycles. The Balaban J connectivity index is 1.80. The Labute approximate surface area is 162 Å². The van der Waals surface area contributed by atoms with Gasteiger partial charge in [0.15, 0.2) is 0 Å². The molecule has 1 aromatic carbocycles. The minimum Gasteiger partial charge on any atom is -0.330 e. The van der Waals surface area contributed by atoms with E-state index in [1.165, 1.54) is 0 Å². The molecule has 2 aliphatic rings. The molecule has 1 aliphatic heterocycles. The van der Waals surface area contributed by atoms with Crippen LogP contribution in [0.25, 0.3) is 0 Å². The maximum atomic E-state index is 13.2. The van der Waals surface area contributed by atoms with Crippen LogP contribution < -0.4 is 11.1 Å². The molecule has 0 spiro atoms. The summed E-state index contributed by atoms with van der Waals surface area (Å²) < 4.78 is 27.9. The van der Waals surface area contributed by atoms with Crippen LogP contribution in [0.2, 0.25) is 0 Å². The van der Waals surface area contributed by atoms with Gasteiger partial charge < -0.3 is 11.1 Å². The number of rotatable bonds is 5. The van der Waals surface area contributed by atoms with Gasteiger partial charge in [-0.25, -0.2) is 8.42 Å². The van der Waals surface area contributed by atoms with Gasteiger partial charge in [-0.1, -0.05) is 25.3 Å². The van der Waals surface area contributed by atoms with Crippen LogP contribution in [-0.2, 0) is 14.8 Å². The predicted octanol–water partition coefficient (Wildman–Crippen LogP) is 2.87. The van der Waals surface area contributed by atoms with E-state index in [0.29, 0.717) is 35.8 Å². The van der Waals surface area contributed by atoms with Crippen LogP contribution in [0, 0.1) is 18.8 Å². The summed E-state index contributed by atoms with van der Waals surface area (Å²) in [6.07, 6.45) is 6.79. The molecule has 0 radical (unpaired) electrons. The second-order valence-electron chi connectivity index (χ2n) is 7.82. The molecule has 150 valence electrons. The summed E-state index contributed by atoms with van der Waals surface area (Å²) >= 11 is 0. The molecule has 1 aromatic rings. The van der Waals surface area contributed by atoms with E-state index >= 15 is 0 Å². The van der Waals surface area contributed by atoms with E-state index in [0.717, 1.165) is 44.9 Å². The highest BCUT2D eigenvalue weighted by molar-refractivity contribution is 7.89. The minimum atomic E-state index is -3.55. The molecule has 1 heterocycles. The number of hydrogen-bond acceptors (Lipinski definition) is 4. The van der Waals surface area contributed by atoms with Crippen LogP contribution >= 0.6 is 0 Å². The lowest BCUT2D eigenvalue weighted by Crippen LogP contribution is -2.32. The fourth-order valence-corrected chi connectivity index (χ4v) is 6.04. The first-order valence-electron chi connectivity index (χ1n) is 10.0. The number of aryl methyl sites for hydroxylation is 1. The second kappa shape index (κ2) is 8.71. The van der Waals surface area contributed by atoms with Gasteiger partial charge in [-0.3, -0.25) is 4.79 Å². The number of nitrogens with zero attached hydrogens (tertiary/aromatic N) is 1. The quantitative estimate of drug-likeness (QED) is 0.804. The van der Waals surface area contributed by atoms with Crippen molar-refractivity contribution in [1.29, 1.82) is 0 Å². The Morgan fingerprint density at radius 2 is 1.85 bits per heavy atom. The molecule has 0 unspecified atom stereocenters. The first-order valence-corrected chi connectivity index (χ1v) is 11.5. The van der Waals surface area contributed by atoms with Crippen LogP contribution in [-0.4, -0.2) is 38.3 Å². The van der Waals surface area contributed by atoms with Crippen LogP contribution in [0.5, 0.6) is 0 Å². The van der Waals surface area contributed by atoms with Crippen LogP contribution in [0.4, 0.5) is 5.69 Å². The van der Waals surface area contributed by atoms with Crippen molar-refractivity contribution in [2.75, 3.05) is 25.0 Å². The molecule has 0 bridgehead atoms. The third-order valence-corrected chi connectivity index (χ3v) is 7.98. The fraction of sp³-hybridized carbons (Fsp3) is 0.650. The SMILES string of the molecule is Cc1ccc(NC(=O)[C@@H]2CCC[C@@H]2CN)cc1S(=O)(=O)N1CCCCCC1. The summed E-state index contributed by atoms with van der Waals surface area (Å²) in [6.45, 7) is 3.45. The third kappa shape index (κ3) is 4.52. The van der Waals surface area contributed by atoms with E-state index in [-0.39, 0.29) is 17.7 Å². The molecule has 27 heavy (non-hydrogen) atoms. The normalized spacial score (nSPS) is 24.5. The van der Waals surface area contributed by atoms with Crippen molar-refractivity contribution < 1.29 is 13.2 Å². The summed E-state index contributed by atoms with van der Waals surface area (Å²) in [5.41, 5.74) is 7.04. The highest BCUT2D eigenvalue weighted by atomic mass is 32.2. The van der Waals surface area contributed by atoms with Gasteiger partial charge in [0.2, 0.25) is 15.9 Å². The van der Waals surface area contributed by atoms with E-state index in [1.807, 2.05) is 0 Å². The van der Waals surface area contributed by atoms with Crippen molar-refractivity contribution in [2.24, 2.45) is 17.6 Å². The molecule has 1 amide bonds. The van der Waals surface area contributed by atoms with E-state index in [1.54, 1.807) is 29.4 Å². The number of carbonyl (C=O) groups excluding carboxylic acids is 1. The number of anilines is 1. The summed E-state index contributed by atoms with van der Waals surface area (Å²) in [5, 5.41) is 2.93. The monoisotopic (exact) mass is 393 g/mol. The lowest BCUT2D eigenvalue weighted by molar-refractivity contribution is -0.120. The summed E-state index contributed by atoms with van der Waals surface area (Å²) in [7, 11) is -3.55. The average Bonchev–Trinajstić information content (AvgIpc) is 2.96. The maximum absolute atomic E-state index is 13.2. The fourth-order valence-electron chi connectivity index (χ4n) is 4.28. The van der Waals surface area contributed by atoms with Crippen molar-refractivity contribution in [1.82, 2.24) is 4.31 Å². The largest absolute Gasteiger partial charge is 0.330 e. The van der Waals surface area contributed by atoms with Gasteiger partial charge in [-0.15, -0.1) is 0 Å². The molecule has 1 saturated heterocycles. The van der Waals surface area contributed by atoms with E-state index in [4.69, 9.17) is 5.73 Å². The highest BCUT2D eigenvalue weighted by Crippen LogP contribution is 2.32. The Morgan fingerprint density at radius 1 is 1.15 bits per heavy atom. The molecule has 0 aromatic heterocycles. The molecule has 7 heteroatoms. The van der Waals surface area contributed by atoms with Gasteiger partial charge >= 0.3 is 0 Å². The van der Waals surface area contributed by atoms with Crippen LogP contribution in [0.15, 0.2) is 23.1 Å². The smallest absolute Gasteiger partial charge is 0.243 e. The number of nitrogens with two attached hydrogens (primary N) is 1. The molecule has 3 rings (SSSR count). The summed E-state index contributed by atoms with van der Waals surface area (Å²) in [6, 6.07) is 5.16. The van der Waals surface area contributed by atoms with Gasteiger partial charge in [0.25, 0.3) is 0 Å². The Bertz CT molecular complexity index is 771. The average molecular weight is 394 g/mol. The van der Waals surface area contributed by atoms with Gasteiger partial charge in [0.05, 0.1) is 4.90 Å². The lowest BCUT2D eigenvalue weighted by Gasteiger charge is -2.22. The Kier molecular flexibility index (Phi) is 6.55. The van der Waals surface area contributed by atoms with Crippen LogP contribution in [0.3, 0.4) is 0 Å². The summed E-state index contributed by atoms with van der Waals surface area (Å²) in [4.78, 5) is 12.9. The van der Waals surface area contributed by atoms with Gasteiger partial charge in [-0.2, -0.15) is 4.31 Å². The summed E-state index contributed by atoms with van der Waals surface area (Å²) in [5.74, 6) is 0.0858. The van der Waals surface area contributed by atoms with Gasteiger partial charge in [0, 0.05) is 24.7 Å². The van der Waals surface area contributed by atoms with Gasteiger partial charge in [0.1, 0.15) is 0 Å². The molecule has 2 atom stereocenters. The number of sulfonamides is 1. The predicted molar refractivity (Wildman–Crippen MR) is 107 cm³/mol. The number of amides is 1. The lowest BCUT2D eigenvalue weighted by atomic mass is 9.95. The van der Waals surface area contributed by atoms with Crippen molar-refractivity contribution >= 4 is 21.6 Å². The first kappa shape index (κ1) is 20.3. The first-order chi connectivity index (χ1) is 12.9. The zero-order valence-corrected chi connectivity index (χ0v) is 16.9. The second-order valence-corrected chi connectivity index (χ2v) is 9.73.